The fourth-order valence-corrected chi connectivity index (χ4v) is 2.62. The highest BCUT2D eigenvalue weighted by Gasteiger charge is 2.31. The minimum atomic E-state index is -1.05. The molecule has 3 rings (SSSR count). The number of carbonyl (C=O) groups is 2. The van der Waals surface area contributed by atoms with Crippen molar-refractivity contribution < 1.29 is 28.5 Å². The van der Waals surface area contributed by atoms with Crippen LogP contribution in [0.1, 0.15) is 6.92 Å². The van der Waals surface area contributed by atoms with Gasteiger partial charge in [0.15, 0.2) is 17.6 Å². The number of hydrogen-bond acceptors (Lipinski definition) is 6. The first-order chi connectivity index (χ1) is 13.0. The Kier molecular flexibility index (Phi) is 5.71. The van der Waals surface area contributed by atoms with E-state index in [-0.39, 0.29) is 6.61 Å². The lowest BCUT2D eigenvalue weighted by Crippen LogP contribution is -2.41. The topological polar surface area (TPSA) is 83.1 Å². The molecule has 2 aromatic carbocycles. The molecule has 0 bridgehead atoms. The van der Waals surface area contributed by atoms with E-state index in [1.54, 1.807) is 42.5 Å². The Hall–Kier alpha value is -2.93. The maximum absolute atomic E-state index is 12.3. The molecule has 142 valence electrons. The summed E-state index contributed by atoms with van der Waals surface area (Å²) in [4.78, 5) is 24.6. The van der Waals surface area contributed by atoms with E-state index in [0.717, 1.165) is 0 Å². The lowest BCUT2D eigenvalue weighted by atomic mass is 10.2. The minimum absolute atomic E-state index is 0.00625. The molecule has 0 aromatic heterocycles. The van der Waals surface area contributed by atoms with Crippen molar-refractivity contribution in [3.63, 3.8) is 0 Å². The summed E-state index contributed by atoms with van der Waals surface area (Å²) >= 11 is 5.94. The van der Waals surface area contributed by atoms with E-state index in [9.17, 15) is 9.59 Å². The van der Waals surface area contributed by atoms with Crippen LogP contribution >= 0.6 is 11.6 Å². The number of ether oxygens (including phenoxy) is 4. The van der Waals surface area contributed by atoms with Crippen LogP contribution in [0.3, 0.4) is 0 Å². The van der Waals surface area contributed by atoms with Crippen molar-refractivity contribution in [1.82, 2.24) is 0 Å². The van der Waals surface area contributed by atoms with Gasteiger partial charge in [-0.15, -0.1) is 0 Å². The molecule has 2 aromatic rings. The summed E-state index contributed by atoms with van der Waals surface area (Å²) in [7, 11) is 1.47. The number of carbonyl (C=O) groups excluding carboxylic acids is 2. The van der Waals surface area contributed by atoms with Gasteiger partial charge in [-0.1, -0.05) is 23.7 Å². The second-order valence-corrected chi connectivity index (χ2v) is 6.21. The van der Waals surface area contributed by atoms with Crippen LogP contribution in [0, 0.1) is 0 Å². The molecule has 1 aliphatic heterocycles. The number of nitrogens with one attached hydrogen (secondary N) is 1. The zero-order valence-electron chi connectivity index (χ0n) is 14.7. The van der Waals surface area contributed by atoms with Gasteiger partial charge in [0.2, 0.25) is 6.10 Å². The Morgan fingerprint density at radius 1 is 1.22 bits per heavy atom. The minimum Gasteiger partial charge on any atom is -0.495 e. The first-order valence-electron chi connectivity index (χ1n) is 8.21. The first kappa shape index (κ1) is 18.8. The molecule has 1 aliphatic rings. The predicted molar refractivity (Wildman–Crippen MR) is 98.5 cm³/mol. The van der Waals surface area contributed by atoms with Gasteiger partial charge in [-0.2, -0.15) is 0 Å². The van der Waals surface area contributed by atoms with E-state index >= 15 is 0 Å². The van der Waals surface area contributed by atoms with Gasteiger partial charge in [-0.05, 0) is 37.3 Å². The molecule has 0 spiro atoms. The van der Waals surface area contributed by atoms with Crippen LogP contribution in [0.2, 0.25) is 5.02 Å². The highest BCUT2D eigenvalue weighted by atomic mass is 35.5. The number of anilines is 1. The van der Waals surface area contributed by atoms with Crippen molar-refractivity contribution in [2.24, 2.45) is 0 Å². The Morgan fingerprint density at radius 3 is 2.70 bits per heavy atom. The molecular formula is C19H18ClNO6. The Balaban J connectivity index is 1.60. The Morgan fingerprint density at radius 2 is 1.96 bits per heavy atom. The van der Waals surface area contributed by atoms with Crippen LogP contribution in [0.25, 0.3) is 0 Å². The fourth-order valence-electron chi connectivity index (χ4n) is 2.45. The summed E-state index contributed by atoms with van der Waals surface area (Å²) in [5.74, 6) is 0.227. The van der Waals surface area contributed by atoms with Crippen LogP contribution in [0.15, 0.2) is 42.5 Å². The molecule has 2 atom stereocenters. The molecule has 27 heavy (non-hydrogen) atoms. The van der Waals surface area contributed by atoms with E-state index in [0.29, 0.717) is 28.0 Å². The molecular weight excluding hydrogens is 374 g/mol. The second-order valence-electron chi connectivity index (χ2n) is 5.78. The van der Waals surface area contributed by atoms with Crippen molar-refractivity contribution in [3.05, 3.63) is 47.5 Å². The zero-order valence-corrected chi connectivity index (χ0v) is 15.5. The van der Waals surface area contributed by atoms with Crippen LogP contribution in [0.5, 0.6) is 17.2 Å². The smallest absolute Gasteiger partial charge is 0.351 e. The maximum Gasteiger partial charge on any atom is 0.351 e. The Bertz CT molecular complexity index is 856. The van der Waals surface area contributed by atoms with Gasteiger partial charge in [-0.25, -0.2) is 4.79 Å². The van der Waals surface area contributed by atoms with Crippen molar-refractivity contribution in [2.45, 2.75) is 19.1 Å². The molecule has 0 radical (unpaired) electrons. The van der Waals surface area contributed by atoms with Crippen LogP contribution in [0.4, 0.5) is 5.69 Å². The normalized spacial score (nSPS) is 16.2. The third-order valence-corrected chi connectivity index (χ3v) is 4.09. The summed E-state index contributed by atoms with van der Waals surface area (Å²) in [6.45, 7) is 1.47. The van der Waals surface area contributed by atoms with Gasteiger partial charge in [0.1, 0.15) is 12.4 Å². The second kappa shape index (κ2) is 8.18. The number of esters is 1. The van der Waals surface area contributed by atoms with E-state index < -0.39 is 24.1 Å². The van der Waals surface area contributed by atoms with Crippen molar-refractivity contribution >= 4 is 29.2 Å². The summed E-state index contributed by atoms with van der Waals surface area (Å²) in [5, 5.41) is 3.06. The first-order valence-corrected chi connectivity index (χ1v) is 8.59. The van der Waals surface area contributed by atoms with E-state index in [1.165, 1.54) is 14.0 Å². The molecule has 1 heterocycles. The van der Waals surface area contributed by atoms with Crippen LogP contribution in [-0.2, 0) is 14.3 Å². The highest BCUT2D eigenvalue weighted by molar-refractivity contribution is 6.31. The maximum atomic E-state index is 12.3. The van der Waals surface area contributed by atoms with E-state index in [1.807, 2.05) is 0 Å². The number of rotatable bonds is 5. The van der Waals surface area contributed by atoms with Crippen LogP contribution < -0.4 is 19.5 Å². The van der Waals surface area contributed by atoms with Crippen molar-refractivity contribution in [1.29, 1.82) is 0 Å². The summed E-state index contributed by atoms with van der Waals surface area (Å²) in [6, 6.07) is 11.8. The van der Waals surface area contributed by atoms with E-state index in [4.69, 9.17) is 30.5 Å². The molecule has 0 unspecified atom stereocenters. The third-order valence-electron chi connectivity index (χ3n) is 3.85. The Labute approximate surface area is 161 Å². The quantitative estimate of drug-likeness (QED) is 0.789. The van der Waals surface area contributed by atoms with Gasteiger partial charge in [0.05, 0.1) is 12.8 Å². The van der Waals surface area contributed by atoms with Gasteiger partial charge in [0, 0.05) is 5.02 Å². The highest BCUT2D eigenvalue weighted by Crippen LogP contribution is 2.31. The summed E-state index contributed by atoms with van der Waals surface area (Å²) in [6.07, 6.45) is -2.00. The molecule has 0 saturated heterocycles. The lowest BCUT2D eigenvalue weighted by Gasteiger charge is -2.26. The van der Waals surface area contributed by atoms with Gasteiger partial charge >= 0.3 is 5.97 Å². The van der Waals surface area contributed by atoms with Gasteiger partial charge in [0.25, 0.3) is 5.91 Å². The number of benzene rings is 2. The number of amides is 1. The fraction of sp³-hybridized carbons (Fsp3) is 0.263. The number of para-hydroxylation sites is 2. The SMILES string of the molecule is COc1ccc(Cl)cc1NC(=O)[C@@H](C)OC(=O)[C@H]1COc2ccccc2O1. The van der Waals surface area contributed by atoms with Crippen molar-refractivity contribution in [2.75, 3.05) is 19.0 Å². The standard InChI is InChI=1S/C19H18ClNO6/c1-11(18(22)21-13-9-12(20)7-8-14(13)24-2)26-19(23)17-10-25-15-5-3-4-6-16(15)27-17/h3-9,11,17H,10H2,1-2H3,(H,21,22)/t11-,17-/m1/s1. The number of halogens is 1. The van der Waals surface area contributed by atoms with Crippen LogP contribution in [-0.4, -0.2) is 37.8 Å². The summed E-state index contributed by atoms with van der Waals surface area (Å²) < 4.78 is 21.4. The summed E-state index contributed by atoms with van der Waals surface area (Å²) in [5.41, 5.74) is 0.379. The largest absolute Gasteiger partial charge is 0.495 e. The average molecular weight is 392 g/mol. The average Bonchev–Trinajstić information content (AvgIpc) is 2.67. The van der Waals surface area contributed by atoms with Gasteiger partial charge in [-0.3, -0.25) is 4.79 Å². The zero-order chi connectivity index (χ0) is 19.4. The molecule has 0 fully saturated rings. The molecule has 7 nitrogen and oxygen atoms in total. The molecule has 0 saturated carbocycles. The monoisotopic (exact) mass is 391 g/mol. The number of hydrogen-bond donors (Lipinski definition) is 1. The van der Waals surface area contributed by atoms with E-state index in [2.05, 4.69) is 5.32 Å². The number of fused-ring (bicyclic) bond motifs is 1. The molecule has 0 aliphatic carbocycles. The molecule has 1 amide bonds. The predicted octanol–water partition coefficient (Wildman–Crippen LogP) is 3.06. The third kappa shape index (κ3) is 4.43. The van der Waals surface area contributed by atoms with Crippen molar-refractivity contribution in [3.8, 4) is 17.2 Å². The van der Waals surface area contributed by atoms with Gasteiger partial charge < -0.3 is 24.3 Å². The lowest BCUT2D eigenvalue weighted by molar-refractivity contribution is -0.162. The molecule has 8 heteroatoms. The molecule has 1 N–H and O–H groups in total. The number of methoxy groups -OCH3 is 1.